The fraction of sp³-hybridized carbons (Fsp3) is 0.229. The molecule has 244 valence electrons. The molecule has 1 unspecified atom stereocenters. The zero-order valence-corrected chi connectivity index (χ0v) is 25.4. The van der Waals surface area contributed by atoms with E-state index in [0.717, 1.165) is 12.0 Å². The van der Waals surface area contributed by atoms with Crippen molar-refractivity contribution in [1.82, 2.24) is 20.9 Å². The number of furan rings is 1. The van der Waals surface area contributed by atoms with Crippen molar-refractivity contribution in [2.45, 2.75) is 31.6 Å². The third kappa shape index (κ3) is 8.78. The summed E-state index contributed by atoms with van der Waals surface area (Å²) in [4.78, 5) is 38.2. The van der Waals surface area contributed by atoms with Crippen LogP contribution in [0.2, 0.25) is 0 Å². The Labute approximate surface area is 270 Å². The van der Waals surface area contributed by atoms with Crippen molar-refractivity contribution >= 4 is 22.9 Å². The molecule has 5 aromatic rings. The lowest BCUT2D eigenvalue weighted by Gasteiger charge is -2.18. The van der Waals surface area contributed by atoms with Crippen molar-refractivity contribution in [3.8, 4) is 11.5 Å². The summed E-state index contributed by atoms with van der Waals surface area (Å²) in [5, 5.41) is 39.2. The first-order valence-electron chi connectivity index (χ1n) is 15.2. The van der Waals surface area contributed by atoms with E-state index >= 15 is 0 Å². The van der Waals surface area contributed by atoms with Crippen molar-refractivity contribution in [3.63, 3.8) is 0 Å². The van der Waals surface area contributed by atoms with E-state index in [-0.39, 0.29) is 41.6 Å². The summed E-state index contributed by atoms with van der Waals surface area (Å²) < 4.78 is 11.6. The number of phenols is 1. The second kappa shape index (κ2) is 15.6. The highest BCUT2D eigenvalue weighted by Crippen LogP contribution is 2.29. The zero-order valence-electron chi connectivity index (χ0n) is 25.4. The number of fused-ring (bicyclic) bond motifs is 1. The van der Waals surface area contributed by atoms with Gasteiger partial charge in [0, 0.05) is 24.5 Å². The zero-order chi connectivity index (χ0) is 33.2. The van der Waals surface area contributed by atoms with Crippen molar-refractivity contribution in [2.24, 2.45) is 0 Å². The fourth-order valence-electron chi connectivity index (χ4n) is 5.21. The molecule has 2 aromatic heterocycles. The van der Waals surface area contributed by atoms with Crippen molar-refractivity contribution < 1.29 is 34.1 Å². The van der Waals surface area contributed by atoms with Gasteiger partial charge in [0.25, 0.3) is 5.91 Å². The number of carbonyl (C=O) groups is 2. The van der Waals surface area contributed by atoms with E-state index in [1.54, 1.807) is 42.5 Å². The van der Waals surface area contributed by atoms with Crippen LogP contribution >= 0.6 is 0 Å². The van der Waals surface area contributed by atoms with Gasteiger partial charge < -0.3 is 45.4 Å². The molecule has 12 heteroatoms. The molecule has 2 amide bonds. The van der Waals surface area contributed by atoms with E-state index < -0.39 is 18.2 Å². The summed E-state index contributed by atoms with van der Waals surface area (Å²) in [5.41, 5.74) is 2.05. The minimum Gasteiger partial charge on any atom is -0.506 e. The molecule has 7 N–H and O–H groups in total. The van der Waals surface area contributed by atoms with Crippen LogP contribution in [-0.4, -0.2) is 51.9 Å². The van der Waals surface area contributed by atoms with E-state index in [0.29, 0.717) is 47.5 Å². The molecule has 0 aliphatic heterocycles. The summed E-state index contributed by atoms with van der Waals surface area (Å²) in [6.45, 7) is 1.40. The summed E-state index contributed by atoms with van der Waals surface area (Å²) >= 11 is 0. The number of benzene rings is 3. The second-order valence-corrected chi connectivity index (χ2v) is 10.9. The molecule has 0 aliphatic carbocycles. The second-order valence-electron chi connectivity index (χ2n) is 10.9. The van der Waals surface area contributed by atoms with E-state index in [2.05, 4.69) is 20.9 Å². The Bertz CT molecular complexity index is 1870. The van der Waals surface area contributed by atoms with Crippen LogP contribution in [0.3, 0.4) is 0 Å². The number of aliphatic hydroxyl groups is 1. The van der Waals surface area contributed by atoms with Gasteiger partial charge in [-0.25, -0.2) is 4.79 Å². The van der Waals surface area contributed by atoms with E-state index in [4.69, 9.17) is 9.15 Å². The van der Waals surface area contributed by atoms with Crippen molar-refractivity contribution in [2.75, 3.05) is 19.6 Å². The lowest BCUT2D eigenvalue weighted by molar-refractivity contribution is 0.0921. The molecule has 0 spiro atoms. The van der Waals surface area contributed by atoms with Crippen molar-refractivity contribution in [3.05, 3.63) is 130 Å². The molecule has 0 saturated heterocycles. The van der Waals surface area contributed by atoms with Gasteiger partial charge in [0.15, 0.2) is 5.76 Å². The molecule has 0 bridgehead atoms. The lowest BCUT2D eigenvalue weighted by Crippen LogP contribution is -2.27. The molecule has 3 aromatic carbocycles. The third-order valence-corrected chi connectivity index (χ3v) is 7.53. The number of carboxylic acid groups (broad SMARTS) is 1. The molecule has 0 aliphatic rings. The minimum atomic E-state index is -1.14. The Morgan fingerprint density at radius 2 is 1.68 bits per heavy atom. The van der Waals surface area contributed by atoms with Crippen LogP contribution in [-0.2, 0) is 6.61 Å². The average Bonchev–Trinajstić information content (AvgIpc) is 3.56. The Hall–Kier alpha value is -5.59. The van der Waals surface area contributed by atoms with E-state index in [1.165, 1.54) is 12.1 Å². The topological polar surface area (TPSA) is 186 Å². The maximum Gasteiger partial charge on any atom is 0.405 e. The molecular weight excluding hydrogens is 604 g/mol. The summed E-state index contributed by atoms with van der Waals surface area (Å²) in [6, 6.07) is 25.1. The highest BCUT2D eigenvalue weighted by molar-refractivity contribution is 5.91. The first-order valence-corrected chi connectivity index (χ1v) is 15.2. The molecule has 47 heavy (non-hydrogen) atoms. The van der Waals surface area contributed by atoms with Gasteiger partial charge in [0.2, 0.25) is 5.56 Å². The number of aromatic hydroxyl groups is 1. The van der Waals surface area contributed by atoms with Crippen LogP contribution in [0.5, 0.6) is 11.5 Å². The standard InChI is InChI=1S/C35H36N4O8/c40-28-14-12-26(27-13-16-31(42)38-33(27)28)29(41)20-36-17-4-5-18-37-34(43)30-15-11-25(47-30)21-46-24-10-6-9-23(19-24)32(39-35(44)45)22-7-2-1-3-8-22/h1-3,6-16,19,29,32,36,39-41H,4-5,17-18,20-21H2,(H,37,43)(H,38,42)(H,44,45)/t29?,32-/m0/s1. The molecule has 0 radical (unpaired) electrons. The lowest BCUT2D eigenvalue weighted by atomic mass is 9.99. The van der Waals surface area contributed by atoms with Crippen LogP contribution in [0.25, 0.3) is 10.9 Å². The van der Waals surface area contributed by atoms with Gasteiger partial charge in [-0.05, 0) is 72.5 Å². The Balaban J connectivity index is 1.03. The van der Waals surface area contributed by atoms with Gasteiger partial charge in [-0.2, -0.15) is 0 Å². The SMILES string of the molecule is O=C(O)N[C@@H](c1ccccc1)c1cccc(OCc2ccc(C(=O)NCCCCNCC(O)c3ccc(O)c4[nH]c(=O)ccc34)o2)c1. The number of aromatic nitrogens is 1. The Morgan fingerprint density at radius 1 is 0.894 bits per heavy atom. The number of rotatable bonds is 15. The predicted octanol–water partition coefficient (Wildman–Crippen LogP) is 4.60. The van der Waals surface area contributed by atoms with Crippen LogP contribution < -0.4 is 26.2 Å². The number of unbranched alkanes of at least 4 members (excludes halogenated alkanes) is 1. The monoisotopic (exact) mass is 640 g/mol. The van der Waals surface area contributed by atoms with E-state index in [9.17, 15) is 29.7 Å². The number of nitrogens with one attached hydrogen (secondary N) is 4. The fourth-order valence-corrected chi connectivity index (χ4v) is 5.21. The normalized spacial score (nSPS) is 12.4. The number of hydrogen-bond donors (Lipinski definition) is 7. The molecule has 5 rings (SSSR count). The first kappa shape index (κ1) is 32.8. The van der Waals surface area contributed by atoms with Gasteiger partial charge in [0.1, 0.15) is 23.9 Å². The van der Waals surface area contributed by atoms with Crippen LogP contribution in [0.4, 0.5) is 4.79 Å². The Kier molecular flexibility index (Phi) is 10.9. The quantitative estimate of drug-likeness (QED) is 0.0804. The van der Waals surface area contributed by atoms with Crippen LogP contribution in [0.15, 0.2) is 100 Å². The number of ether oxygens (including phenoxy) is 1. The molecule has 2 heterocycles. The van der Waals surface area contributed by atoms with Gasteiger partial charge in [-0.3, -0.25) is 9.59 Å². The number of H-pyrrole nitrogens is 1. The summed E-state index contributed by atoms with van der Waals surface area (Å²) in [7, 11) is 0. The molecule has 0 saturated carbocycles. The number of hydrogen-bond acceptors (Lipinski definition) is 8. The number of phenolic OH excluding ortho intramolecular Hbond substituents is 1. The largest absolute Gasteiger partial charge is 0.506 e. The highest BCUT2D eigenvalue weighted by Gasteiger charge is 2.18. The number of aliphatic hydroxyl groups excluding tert-OH is 1. The van der Waals surface area contributed by atoms with E-state index in [1.807, 2.05) is 36.4 Å². The summed E-state index contributed by atoms with van der Waals surface area (Å²) in [6.07, 6.45) is -0.531. The molecular formula is C35H36N4O8. The first-order chi connectivity index (χ1) is 22.8. The van der Waals surface area contributed by atoms with Crippen LogP contribution in [0, 0.1) is 0 Å². The van der Waals surface area contributed by atoms with Gasteiger partial charge >= 0.3 is 6.09 Å². The number of amides is 2. The highest BCUT2D eigenvalue weighted by atomic mass is 16.5. The Morgan fingerprint density at radius 3 is 2.49 bits per heavy atom. The summed E-state index contributed by atoms with van der Waals surface area (Å²) in [5.74, 6) is 0.738. The number of carbonyl (C=O) groups excluding carboxylic acids is 1. The smallest absolute Gasteiger partial charge is 0.405 e. The van der Waals surface area contributed by atoms with Gasteiger partial charge in [-0.15, -0.1) is 0 Å². The van der Waals surface area contributed by atoms with Crippen molar-refractivity contribution in [1.29, 1.82) is 0 Å². The maximum atomic E-state index is 12.6. The van der Waals surface area contributed by atoms with Gasteiger partial charge in [0.05, 0.1) is 17.7 Å². The maximum absolute atomic E-state index is 12.6. The van der Waals surface area contributed by atoms with Crippen LogP contribution in [0.1, 0.15) is 58.0 Å². The predicted molar refractivity (Wildman–Crippen MR) is 175 cm³/mol. The molecule has 12 nitrogen and oxygen atoms in total. The number of pyridine rings is 1. The molecule has 2 atom stereocenters. The molecule has 0 fully saturated rings. The third-order valence-electron chi connectivity index (χ3n) is 7.53. The number of aromatic amines is 1. The van der Waals surface area contributed by atoms with Gasteiger partial charge in [-0.1, -0.05) is 48.5 Å². The average molecular weight is 641 g/mol. The minimum absolute atomic E-state index is 0.0600.